The van der Waals surface area contributed by atoms with Crippen molar-refractivity contribution in [3.63, 3.8) is 0 Å². The van der Waals surface area contributed by atoms with Crippen LogP contribution in [0.25, 0.3) is 0 Å². The van der Waals surface area contributed by atoms with Gasteiger partial charge in [-0.3, -0.25) is 4.79 Å². The van der Waals surface area contributed by atoms with Gasteiger partial charge in [-0.25, -0.2) is 4.79 Å². The first-order valence-electron chi connectivity index (χ1n) is 6.25. The number of piperidine rings is 1. The predicted molar refractivity (Wildman–Crippen MR) is 64.6 cm³/mol. The third kappa shape index (κ3) is 3.35. The molecule has 0 radical (unpaired) electrons. The van der Waals surface area contributed by atoms with E-state index in [-0.39, 0.29) is 17.9 Å². The Balaban J connectivity index is 2.60. The number of likely N-dealkylation sites (tertiary alicyclic amines) is 1. The second-order valence-electron chi connectivity index (χ2n) is 4.26. The van der Waals surface area contributed by atoms with E-state index in [4.69, 9.17) is 4.74 Å². The van der Waals surface area contributed by atoms with Crippen LogP contribution < -0.4 is 0 Å². The lowest BCUT2D eigenvalue weighted by atomic mass is 9.98. The molecule has 1 aliphatic heterocycles. The van der Waals surface area contributed by atoms with Crippen molar-refractivity contribution < 1.29 is 14.3 Å². The number of rotatable bonds is 3. The van der Waals surface area contributed by atoms with E-state index in [1.54, 1.807) is 9.80 Å². The highest BCUT2D eigenvalue weighted by Gasteiger charge is 2.30. The van der Waals surface area contributed by atoms with Gasteiger partial charge in [0, 0.05) is 26.2 Å². The molecule has 0 aromatic rings. The van der Waals surface area contributed by atoms with Gasteiger partial charge in [-0.15, -0.1) is 0 Å². The monoisotopic (exact) mass is 242 g/mol. The molecule has 0 aromatic carbocycles. The normalized spacial score (nSPS) is 19.9. The minimum absolute atomic E-state index is 0.0311. The summed E-state index contributed by atoms with van der Waals surface area (Å²) < 4.78 is 4.74. The summed E-state index contributed by atoms with van der Waals surface area (Å²) in [5.74, 6) is -0.365. The molecule has 0 bridgehead atoms. The van der Waals surface area contributed by atoms with Gasteiger partial charge in [0.05, 0.1) is 13.0 Å². The van der Waals surface area contributed by atoms with E-state index < -0.39 is 0 Å². The van der Waals surface area contributed by atoms with Crippen molar-refractivity contribution >= 4 is 12.0 Å². The Bertz CT molecular complexity index is 277. The fraction of sp³-hybridized carbons (Fsp3) is 0.833. The number of hydrogen-bond donors (Lipinski definition) is 0. The molecule has 1 rings (SSSR count). The minimum Gasteiger partial charge on any atom is -0.469 e. The molecule has 1 heterocycles. The Morgan fingerprint density at radius 2 is 2.00 bits per heavy atom. The van der Waals surface area contributed by atoms with Crippen LogP contribution in [-0.2, 0) is 9.53 Å². The van der Waals surface area contributed by atoms with Crippen LogP contribution in [0, 0.1) is 5.92 Å². The zero-order valence-corrected chi connectivity index (χ0v) is 10.9. The molecule has 0 N–H and O–H groups in total. The Kier molecular flexibility index (Phi) is 5.25. The second-order valence-corrected chi connectivity index (χ2v) is 4.26. The molecular formula is C12H22N2O3. The maximum Gasteiger partial charge on any atom is 0.320 e. The van der Waals surface area contributed by atoms with Crippen molar-refractivity contribution in [2.24, 2.45) is 5.92 Å². The van der Waals surface area contributed by atoms with Crippen LogP contribution in [0.1, 0.15) is 26.7 Å². The molecule has 1 aliphatic rings. The molecule has 0 spiro atoms. The Hall–Kier alpha value is -1.26. The third-order valence-corrected chi connectivity index (χ3v) is 3.26. The molecule has 5 heteroatoms. The number of esters is 1. The Morgan fingerprint density at radius 1 is 1.35 bits per heavy atom. The number of carbonyl (C=O) groups excluding carboxylic acids is 2. The van der Waals surface area contributed by atoms with Crippen LogP contribution in [-0.4, -0.2) is 55.1 Å². The number of hydrogen-bond acceptors (Lipinski definition) is 3. The molecule has 0 aromatic heterocycles. The first kappa shape index (κ1) is 13.8. The molecule has 98 valence electrons. The average Bonchev–Trinajstić information content (AvgIpc) is 2.39. The molecule has 1 unspecified atom stereocenters. The summed E-state index contributed by atoms with van der Waals surface area (Å²) in [6, 6.07) is 0.0311. The van der Waals surface area contributed by atoms with Crippen molar-refractivity contribution in [3.8, 4) is 0 Å². The molecule has 1 saturated heterocycles. The number of urea groups is 1. The van der Waals surface area contributed by atoms with Gasteiger partial charge in [0.25, 0.3) is 0 Å². The van der Waals surface area contributed by atoms with Gasteiger partial charge in [0.15, 0.2) is 0 Å². The second kappa shape index (κ2) is 6.47. The predicted octanol–water partition coefficient (Wildman–Crippen LogP) is 1.33. The van der Waals surface area contributed by atoms with E-state index in [0.29, 0.717) is 19.6 Å². The first-order chi connectivity index (χ1) is 8.13. The standard InChI is InChI=1S/C12H22N2O3/c1-4-13(5-2)12(16)14-8-6-7-10(9-14)11(15)17-3/h10H,4-9H2,1-3H3. The van der Waals surface area contributed by atoms with E-state index in [9.17, 15) is 9.59 Å². The SMILES string of the molecule is CCN(CC)C(=O)N1CCCC(C(=O)OC)C1. The van der Waals surface area contributed by atoms with Crippen LogP contribution in [0.3, 0.4) is 0 Å². The summed E-state index contributed by atoms with van der Waals surface area (Å²) in [7, 11) is 1.40. The first-order valence-corrected chi connectivity index (χ1v) is 6.25. The molecule has 1 fully saturated rings. The molecule has 17 heavy (non-hydrogen) atoms. The number of methoxy groups -OCH3 is 1. The molecular weight excluding hydrogens is 220 g/mol. The smallest absolute Gasteiger partial charge is 0.320 e. The van der Waals surface area contributed by atoms with Crippen molar-refractivity contribution in [1.29, 1.82) is 0 Å². The number of ether oxygens (including phenoxy) is 1. The summed E-state index contributed by atoms with van der Waals surface area (Å²) in [4.78, 5) is 27.1. The summed E-state index contributed by atoms with van der Waals surface area (Å²) in [5, 5.41) is 0. The van der Waals surface area contributed by atoms with Crippen LogP contribution in [0.5, 0.6) is 0 Å². The highest BCUT2D eigenvalue weighted by molar-refractivity contribution is 5.77. The van der Waals surface area contributed by atoms with Crippen LogP contribution >= 0.6 is 0 Å². The third-order valence-electron chi connectivity index (χ3n) is 3.26. The van der Waals surface area contributed by atoms with Gasteiger partial charge < -0.3 is 14.5 Å². The van der Waals surface area contributed by atoms with Crippen molar-refractivity contribution in [3.05, 3.63) is 0 Å². The average molecular weight is 242 g/mol. The summed E-state index contributed by atoms with van der Waals surface area (Å²) in [6.07, 6.45) is 1.68. The lowest BCUT2D eigenvalue weighted by molar-refractivity contribution is -0.146. The van der Waals surface area contributed by atoms with E-state index in [0.717, 1.165) is 19.4 Å². The molecule has 2 amide bonds. The maximum absolute atomic E-state index is 12.1. The van der Waals surface area contributed by atoms with Crippen molar-refractivity contribution in [2.75, 3.05) is 33.3 Å². The maximum atomic E-state index is 12.1. The number of amides is 2. The summed E-state index contributed by atoms with van der Waals surface area (Å²) in [5.41, 5.74) is 0. The van der Waals surface area contributed by atoms with Gasteiger partial charge in [-0.2, -0.15) is 0 Å². The Labute approximate surface area is 103 Å². The molecule has 1 atom stereocenters. The topological polar surface area (TPSA) is 49.9 Å². The van der Waals surface area contributed by atoms with Crippen LogP contribution in [0.2, 0.25) is 0 Å². The number of carbonyl (C=O) groups is 2. The largest absolute Gasteiger partial charge is 0.469 e. The lowest BCUT2D eigenvalue weighted by Gasteiger charge is -2.34. The highest BCUT2D eigenvalue weighted by atomic mass is 16.5. The summed E-state index contributed by atoms with van der Waals surface area (Å²) in [6.45, 7) is 6.56. The van der Waals surface area contributed by atoms with E-state index in [1.807, 2.05) is 13.8 Å². The van der Waals surface area contributed by atoms with Gasteiger partial charge >= 0.3 is 12.0 Å². The minimum atomic E-state index is -0.206. The van der Waals surface area contributed by atoms with Gasteiger partial charge in [0.1, 0.15) is 0 Å². The molecule has 0 saturated carbocycles. The van der Waals surface area contributed by atoms with Crippen LogP contribution in [0.4, 0.5) is 4.79 Å². The highest BCUT2D eigenvalue weighted by Crippen LogP contribution is 2.18. The Morgan fingerprint density at radius 3 is 2.53 bits per heavy atom. The van der Waals surface area contributed by atoms with Crippen LogP contribution in [0.15, 0.2) is 0 Å². The van der Waals surface area contributed by atoms with Crippen molar-refractivity contribution in [2.45, 2.75) is 26.7 Å². The lowest BCUT2D eigenvalue weighted by Crippen LogP contribution is -2.48. The zero-order valence-electron chi connectivity index (χ0n) is 10.9. The van der Waals surface area contributed by atoms with Crippen molar-refractivity contribution in [1.82, 2.24) is 9.80 Å². The zero-order chi connectivity index (χ0) is 12.8. The van der Waals surface area contributed by atoms with E-state index >= 15 is 0 Å². The van der Waals surface area contributed by atoms with E-state index in [2.05, 4.69) is 0 Å². The fourth-order valence-corrected chi connectivity index (χ4v) is 2.20. The number of nitrogens with zero attached hydrogens (tertiary/aromatic N) is 2. The summed E-state index contributed by atoms with van der Waals surface area (Å²) >= 11 is 0. The van der Waals surface area contributed by atoms with Gasteiger partial charge in [-0.1, -0.05) is 0 Å². The molecule has 0 aliphatic carbocycles. The van der Waals surface area contributed by atoms with E-state index in [1.165, 1.54) is 7.11 Å². The quantitative estimate of drug-likeness (QED) is 0.702. The van der Waals surface area contributed by atoms with Gasteiger partial charge in [-0.05, 0) is 26.7 Å². The fourth-order valence-electron chi connectivity index (χ4n) is 2.20. The van der Waals surface area contributed by atoms with Gasteiger partial charge in [0.2, 0.25) is 0 Å². The molecule has 5 nitrogen and oxygen atoms in total.